The SMILES string of the molecule is C[Si](C)(C)CCOCn1c(C#N)cnc1C(=O)[O-].[K+]. The minimum absolute atomic E-state index is 0. The monoisotopic (exact) mass is 305 g/mol. The van der Waals surface area contributed by atoms with Gasteiger partial charge in [-0.15, -0.1) is 0 Å². The minimum atomic E-state index is -1.41. The van der Waals surface area contributed by atoms with E-state index >= 15 is 0 Å². The second-order valence-corrected chi connectivity index (χ2v) is 10.8. The van der Waals surface area contributed by atoms with Crippen molar-refractivity contribution in [1.29, 1.82) is 5.26 Å². The molecule has 0 N–H and O–H groups in total. The van der Waals surface area contributed by atoms with E-state index in [1.807, 2.05) is 6.07 Å². The van der Waals surface area contributed by atoms with E-state index in [9.17, 15) is 9.90 Å². The Hall–Kier alpha value is -0.0168. The zero-order chi connectivity index (χ0) is 13.8. The van der Waals surface area contributed by atoms with Crippen LogP contribution in [0.25, 0.3) is 0 Å². The number of imidazole rings is 1. The molecule has 1 aromatic heterocycles. The van der Waals surface area contributed by atoms with Gasteiger partial charge in [0, 0.05) is 14.7 Å². The second kappa shape index (κ2) is 8.31. The summed E-state index contributed by atoms with van der Waals surface area (Å²) in [7, 11) is -1.18. The molecule has 98 valence electrons. The van der Waals surface area contributed by atoms with Gasteiger partial charge in [0.25, 0.3) is 0 Å². The first-order valence-corrected chi connectivity index (χ1v) is 9.30. The Balaban J connectivity index is 0.00000324. The first-order chi connectivity index (χ1) is 8.35. The fraction of sp³-hybridized carbons (Fsp3) is 0.545. The number of hydrogen-bond donors (Lipinski definition) is 0. The first kappa shape index (κ1) is 19.0. The van der Waals surface area contributed by atoms with E-state index in [2.05, 4.69) is 24.6 Å². The summed E-state index contributed by atoms with van der Waals surface area (Å²) in [4.78, 5) is 14.4. The van der Waals surface area contributed by atoms with E-state index < -0.39 is 14.0 Å². The first-order valence-electron chi connectivity index (χ1n) is 5.60. The van der Waals surface area contributed by atoms with E-state index in [4.69, 9.17) is 10.00 Å². The molecule has 6 nitrogen and oxygen atoms in total. The number of hydrogen-bond acceptors (Lipinski definition) is 5. The Labute approximate surface area is 156 Å². The number of aromatic carboxylic acids is 1. The molecule has 0 saturated heterocycles. The predicted octanol–water partition coefficient (Wildman–Crippen LogP) is -2.57. The Morgan fingerprint density at radius 1 is 1.58 bits per heavy atom. The molecule has 1 heterocycles. The molecule has 0 atom stereocenters. The van der Waals surface area contributed by atoms with Gasteiger partial charge in [-0.2, -0.15) is 5.26 Å². The zero-order valence-electron chi connectivity index (χ0n) is 11.8. The van der Waals surface area contributed by atoms with Crippen LogP contribution in [-0.2, 0) is 11.5 Å². The molecule has 0 bridgehead atoms. The van der Waals surface area contributed by atoms with Crippen LogP contribution < -0.4 is 56.5 Å². The van der Waals surface area contributed by atoms with E-state index in [0.717, 1.165) is 6.04 Å². The third-order valence-corrected chi connectivity index (χ3v) is 4.07. The van der Waals surface area contributed by atoms with Gasteiger partial charge in [0.1, 0.15) is 24.5 Å². The van der Waals surface area contributed by atoms with Gasteiger partial charge in [-0.05, 0) is 6.04 Å². The number of carbonyl (C=O) groups is 1. The number of nitrogens with zero attached hydrogens (tertiary/aromatic N) is 3. The molecule has 1 aromatic rings. The summed E-state index contributed by atoms with van der Waals surface area (Å²) in [6.45, 7) is 7.23. The van der Waals surface area contributed by atoms with E-state index in [-0.39, 0.29) is 69.6 Å². The number of carbonyl (C=O) groups excluding carboxylic acids is 1. The Morgan fingerprint density at radius 2 is 2.21 bits per heavy atom. The molecule has 0 saturated carbocycles. The van der Waals surface area contributed by atoms with Crippen molar-refractivity contribution in [3.05, 3.63) is 17.7 Å². The summed E-state index contributed by atoms with van der Waals surface area (Å²) >= 11 is 0. The van der Waals surface area contributed by atoms with Gasteiger partial charge in [0.05, 0.1) is 6.20 Å². The molecule has 0 aliphatic rings. The summed E-state index contributed by atoms with van der Waals surface area (Å²) in [5, 5.41) is 19.6. The predicted molar refractivity (Wildman–Crippen MR) is 65.4 cm³/mol. The molecule has 0 aliphatic carbocycles. The van der Waals surface area contributed by atoms with Gasteiger partial charge >= 0.3 is 51.4 Å². The van der Waals surface area contributed by atoms with Crippen molar-refractivity contribution < 1.29 is 66.0 Å². The molecule has 0 aromatic carbocycles. The largest absolute Gasteiger partial charge is 1.00 e. The summed E-state index contributed by atoms with van der Waals surface area (Å²) in [5.41, 5.74) is 0.155. The number of ether oxygens (including phenoxy) is 1. The fourth-order valence-corrected chi connectivity index (χ4v) is 2.05. The maximum atomic E-state index is 10.8. The maximum Gasteiger partial charge on any atom is 1.00 e. The van der Waals surface area contributed by atoms with Gasteiger partial charge in [-0.25, -0.2) is 4.98 Å². The van der Waals surface area contributed by atoms with Crippen molar-refractivity contribution in [2.24, 2.45) is 0 Å². The normalized spacial score (nSPS) is 10.6. The topological polar surface area (TPSA) is 91.0 Å². The molecular formula is C11H16KN3O3Si. The Kier molecular flexibility index (Phi) is 8.30. The number of carboxylic acids is 1. The van der Waals surface area contributed by atoms with Crippen LogP contribution in [0, 0.1) is 11.3 Å². The van der Waals surface area contributed by atoms with Gasteiger partial charge in [-0.1, -0.05) is 19.6 Å². The molecule has 8 heteroatoms. The number of nitriles is 1. The van der Waals surface area contributed by atoms with Gasteiger partial charge in [0.15, 0.2) is 5.82 Å². The number of carboxylic acid groups (broad SMARTS) is 1. The van der Waals surface area contributed by atoms with Gasteiger partial charge < -0.3 is 14.6 Å². The number of rotatable bonds is 6. The van der Waals surface area contributed by atoms with Crippen molar-refractivity contribution in [3.63, 3.8) is 0 Å². The average Bonchev–Trinajstić information content (AvgIpc) is 2.66. The average molecular weight is 305 g/mol. The molecule has 19 heavy (non-hydrogen) atoms. The van der Waals surface area contributed by atoms with Crippen LogP contribution >= 0.6 is 0 Å². The summed E-state index contributed by atoms with van der Waals surface area (Å²) in [5.74, 6) is -1.69. The molecule has 0 aliphatic heterocycles. The zero-order valence-corrected chi connectivity index (χ0v) is 15.9. The molecule has 0 spiro atoms. The molecule has 0 amide bonds. The fourth-order valence-electron chi connectivity index (χ4n) is 1.29. The van der Waals surface area contributed by atoms with Gasteiger partial charge in [-0.3, -0.25) is 4.57 Å². The van der Waals surface area contributed by atoms with Gasteiger partial charge in [0.2, 0.25) is 0 Å². The summed E-state index contributed by atoms with van der Waals surface area (Å²) < 4.78 is 6.61. The maximum absolute atomic E-state index is 10.8. The van der Waals surface area contributed by atoms with Crippen molar-refractivity contribution >= 4 is 14.0 Å². The Morgan fingerprint density at radius 3 is 2.68 bits per heavy atom. The quantitative estimate of drug-likeness (QED) is 0.426. The summed E-state index contributed by atoms with van der Waals surface area (Å²) in [6.07, 6.45) is 1.20. The molecular weight excluding hydrogens is 289 g/mol. The van der Waals surface area contributed by atoms with Crippen LogP contribution in [0.1, 0.15) is 16.3 Å². The third kappa shape index (κ3) is 6.31. The van der Waals surface area contributed by atoms with Crippen molar-refractivity contribution in [3.8, 4) is 6.07 Å². The number of aromatic nitrogens is 2. The summed E-state index contributed by atoms with van der Waals surface area (Å²) in [6, 6.07) is 2.84. The van der Waals surface area contributed by atoms with Crippen molar-refractivity contribution in [2.45, 2.75) is 32.4 Å². The smallest absolute Gasteiger partial charge is 0.542 e. The van der Waals surface area contributed by atoms with E-state index in [0.29, 0.717) is 6.61 Å². The van der Waals surface area contributed by atoms with Crippen LogP contribution in [0.3, 0.4) is 0 Å². The third-order valence-electron chi connectivity index (χ3n) is 2.37. The molecule has 0 unspecified atom stereocenters. The standard InChI is InChI=1S/C11H17N3O3Si.K/c1-18(2,3)5-4-17-8-14-9(6-12)7-13-10(14)11(15)16;/h7H,4-5,8H2,1-3H3,(H,15,16);/q;+1/p-1. The van der Waals surface area contributed by atoms with E-state index in [1.165, 1.54) is 10.8 Å². The van der Waals surface area contributed by atoms with Crippen LogP contribution in [0.2, 0.25) is 25.7 Å². The van der Waals surface area contributed by atoms with Crippen molar-refractivity contribution in [1.82, 2.24) is 9.55 Å². The van der Waals surface area contributed by atoms with Crippen LogP contribution in [-0.4, -0.2) is 30.2 Å². The van der Waals surface area contributed by atoms with Crippen LogP contribution in [0.5, 0.6) is 0 Å². The van der Waals surface area contributed by atoms with Crippen LogP contribution in [0.4, 0.5) is 0 Å². The molecule has 1 rings (SSSR count). The van der Waals surface area contributed by atoms with Crippen molar-refractivity contribution in [2.75, 3.05) is 6.61 Å². The Bertz CT molecular complexity index is 477. The minimum Gasteiger partial charge on any atom is -0.542 e. The van der Waals surface area contributed by atoms with Crippen LogP contribution in [0.15, 0.2) is 6.20 Å². The molecule has 0 fully saturated rings. The second-order valence-electron chi connectivity index (χ2n) is 5.14. The van der Waals surface area contributed by atoms with E-state index in [1.54, 1.807) is 0 Å². The molecule has 0 radical (unpaired) electrons.